The van der Waals surface area contributed by atoms with Gasteiger partial charge in [-0.05, 0) is 24.9 Å². The summed E-state index contributed by atoms with van der Waals surface area (Å²) in [5, 5.41) is 3.17. The van der Waals surface area contributed by atoms with Crippen LogP contribution in [0.2, 0.25) is 0 Å². The van der Waals surface area contributed by atoms with E-state index < -0.39 is 11.6 Å². The molecule has 3 heteroatoms. The van der Waals surface area contributed by atoms with Crippen LogP contribution in [0.4, 0.5) is 8.78 Å². The molecule has 1 nitrogen and oxygen atoms in total. The molecule has 0 saturated heterocycles. The second-order valence-corrected chi connectivity index (χ2v) is 4.80. The van der Waals surface area contributed by atoms with Gasteiger partial charge in [-0.3, -0.25) is 0 Å². The normalized spacial score (nSPS) is 11.1. The van der Waals surface area contributed by atoms with Crippen LogP contribution in [0.15, 0.2) is 18.2 Å². The van der Waals surface area contributed by atoms with E-state index in [4.69, 9.17) is 0 Å². The molecule has 17 heavy (non-hydrogen) atoms. The summed E-state index contributed by atoms with van der Waals surface area (Å²) in [6.07, 6.45) is 3.52. The lowest BCUT2D eigenvalue weighted by Crippen LogP contribution is -2.15. The van der Waals surface area contributed by atoms with Gasteiger partial charge in [0.1, 0.15) is 11.6 Å². The van der Waals surface area contributed by atoms with Crippen molar-refractivity contribution >= 4 is 0 Å². The molecule has 0 aliphatic rings. The highest BCUT2D eigenvalue weighted by Gasteiger charge is 2.02. The van der Waals surface area contributed by atoms with Crippen LogP contribution in [-0.2, 0) is 6.54 Å². The van der Waals surface area contributed by atoms with Gasteiger partial charge in [0, 0.05) is 18.2 Å². The number of rotatable bonds is 7. The van der Waals surface area contributed by atoms with Crippen molar-refractivity contribution in [3.05, 3.63) is 35.4 Å². The highest BCUT2D eigenvalue weighted by atomic mass is 19.1. The third-order valence-corrected chi connectivity index (χ3v) is 2.72. The molecule has 0 unspecified atom stereocenters. The lowest BCUT2D eigenvalue weighted by Gasteiger charge is -2.07. The van der Waals surface area contributed by atoms with Crippen molar-refractivity contribution in [3.8, 4) is 0 Å². The summed E-state index contributed by atoms with van der Waals surface area (Å²) < 4.78 is 25.9. The van der Waals surface area contributed by atoms with Gasteiger partial charge in [-0.2, -0.15) is 0 Å². The zero-order valence-corrected chi connectivity index (χ0v) is 10.6. The Morgan fingerprint density at radius 3 is 2.59 bits per heavy atom. The largest absolute Gasteiger partial charge is 0.313 e. The zero-order valence-electron chi connectivity index (χ0n) is 10.6. The van der Waals surface area contributed by atoms with E-state index in [0.717, 1.165) is 24.9 Å². The quantitative estimate of drug-likeness (QED) is 0.714. The van der Waals surface area contributed by atoms with Crippen LogP contribution in [-0.4, -0.2) is 6.54 Å². The standard InChI is InChI=1S/C14H21F2N/c1-11(2)5-3-4-8-17-10-12-6-7-13(15)9-14(12)16/h6-7,9,11,17H,3-5,8,10H2,1-2H3. The number of benzene rings is 1. The van der Waals surface area contributed by atoms with Crippen LogP contribution < -0.4 is 5.32 Å². The first-order valence-corrected chi connectivity index (χ1v) is 6.24. The van der Waals surface area contributed by atoms with E-state index >= 15 is 0 Å². The smallest absolute Gasteiger partial charge is 0.130 e. The van der Waals surface area contributed by atoms with Gasteiger partial charge in [0.25, 0.3) is 0 Å². The first-order chi connectivity index (χ1) is 8.09. The molecule has 1 rings (SSSR count). The predicted octanol–water partition coefficient (Wildman–Crippen LogP) is 3.88. The zero-order chi connectivity index (χ0) is 12.7. The molecule has 0 bridgehead atoms. The van der Waals surface area contributed by atoms with Crippen molar-refractivity contribution in [2.75, 3.05) is 6.54 Å². The van der Waals surface area contributed by atoms with Gasteiger partial charge >= 0.3 is 0 Å². The first kappa shape index (κ1) is 14.1. The fourth-order valence-electron chi connectivity index (χ4n) is 1.69. The fourth-order valence-corrected chi connectivity index (χ4v) is 1.69. The topological polar surface area (TPSA) is 12.0 Å². The summed E-state index contributed by atoms with van der Waals surface area (Å²) in [6, 6.07) is 3.71. The van der Waals surface area contributed by atoms with E-state index in [2.05, 4.69) is 19.2 Å². The summed E-state index contributed by atoms with van der Waals surface area (Å²) in [5.41, 5.74) is 0.523. The molecule has 0 aliphatic heterocycles. The van der Waals surface area contributed by atoms with Gasteiger partial charge in [0.2, 0.25) is 0 Å². The van der Waals surface area contributed by atoms with E-state index in [0.29, 0.717) is 12.1 Å². The molecule has 0 fully saturated rings. The second-order valence-electron chi connectivity index (χ2n) is 4.80. The van der Waals surface area contributed by atoms with Crippen LogP contribution in [0.25, 0.3) is 0 Å². The highest BCUT2D eigenvalue weighted by Crippen LogP contribution is 2.09. The predicted molar refractivity (Wildman–Crippen MR) is 66.8 cm³/mol. The van der Waals surface area contributed by atoms with Gasteiger partial charge < -0.3 is 5.32 Å². The summed E-state index contributed by atoms with van der Waals surface area (Å²) in [4.78, 5) is 0. The number of halogens is 2. The first-order valence-electron chi connectivity index (χ1n) is 6.24. The molecule has 1 aromatic rings. The van der Waals surface area contributed by atoms with Crippen molar-refractivity contribution in [2.45, 2.75) is 39.7 Å². The van der Waals surface area contributed by atoms with Crippen LogP contribution in [0.5, 0.6) is 0 Å². The molecule has 0 atom stereocenters. The van der Waals surface area contributed by atoms with Crippen molar-refractivity contribution in [2.24, 2.45) is 5.92 Å². The van der Waals surface area contributed by atoms with E-state index in [-0.39, 0.29) is 0 Å². The SMILES string of the molecule is CC(C)CCCCNCc1ccc(F)cc1F. The minimum absolute atomic E-state index is 0.466. The Balaban J connectivity index is 2.18. The van der Waals surface area contributed by atoms with E-state index in [9.17, 15) is 8.78 Å². The maximum atomic E-state index is 13.3. The average molecular weight is 241 g/mol. The molecule has 0 heterocycles. The maximum Gasteiger partial charge on any atom is 0.130 e. The summed E-state index contributed by atoms with van der Waals surface area (Å²) in [7, 11) is 0. The van der Waals surface area contributed by atoms with Gasteiger partial charge in [-0.1, -0.05) is 32.8 Å². The lowest BCUT2D eigenvalue weighted by molar-refractivity contribution is 0.515. The van der Waals surface area contributed by atoms with Crippen LogP contribution in [0.3, 0.4) is 0 Å². The molecule has 0 aromatic heterocycles. The Hall–Kier alpha value is -0.960. The van der Waals surface area contributed by atoms with E-state index in [1.165, 1.54) is 25.0 Å². The molecule has 1 N–H and O–H groups in total. The molecule has 0 saturated carbocycles. The van der Waals surface area contributed by atoms with Crippen molar-refractivity contribution in [3.63, 3.8) is 0 Å². The highest BCUT2D eigenvalue weighted by molar-refractivity contribution is 5.18. The van der Waals surface area contributed by atoms with Gasteiger partial charge in [0.05, 0.1) is 0 Å². The Bertz CT molecular complexity index is 337. The summed E-state index contributed by atoms with van der Waals surface area (Å²) in [6.45, 7) is 5.76. The third kappa shape index (κ3) is 5.78. The Kier molecular flexibility index (Phi) is 6.12. The van der Waals surface area contributed by atoms with Gasteiger partial charge in [-0.25, -0.2) is 8.78 Å². The Morgan fingerprint density at radius 1 is 1.18 bits per heavy atom. The van der Waals surface area contributed by atoms with Crippen molar-refractivity contribution in [1.29, 1.82) is 0 Å². The minimum atomic E-state index is -0.525. The third-order valence-electron chi connectivity index (χ3n) is 2.72. The number of unbranched alkanes of at least 4 members (excludes halogenated alkanes) is 1. The molecule has 1 aromatic carbocycles. The Morgan fingerprint density at radius 2 is 1.94 bits per heavy atom. The molecular formula is C14H21F2N. The van der Waals surface area contributed by atoms with E-state index in [1.54, 1.807) is 0 Å². The number of hydrogen-bond acceptors (Lipinski definition) is 1. The van der Waals surface area contributed by atoms with Crippen LogP contribution in [0.1, 0.15) is 38.7 Å². The summed E-state index contributed by atoms with van der Waals surface area (Å²) >= 11 is 0. The second kappa shape index (κ2) is 7.38. The van der Waals surface area contributed by atoms with Gasteiger partial charge in [-0.15, -0.1) is 0 Å². The van der Waals surface area contributed by atoms with Crippen LogP contribution >= 0.6 is 0 Å². The van der Waals surface area contributed by atoms with Crippen LogP contribution in [0, 0.1) is 17.6 Å². The molecule has 0 amide bonds. The average Bonchev–Trinajstić information content (AvgIpc) is 2.25. The van der Waals surface area contributed by atoms with E-state index in [1.807, 2.05) is 0 Å². The van der Waals surface area contributed by atoms with Gasteiger partial charge in [0.15, 0.2) is 0 Å². The minimum Gasteiger partial charge on any atom is -0.313 e. The van der Waals surface area contributed by atoms with Crippen molar-refractivity contribution in [1.82, 2.24) is 5.32 Å². The maximum absolute atomic E-state index is 13.3. The number of nitrogens with one attached hydrogen (secondary N) is 1. The molecule has 96 valence electrons. The fraction of sp³-hybridized carbons (Fsp3) is 0.571. The lowest BCUT2D eigenvalue weighted by atomic mass is 10.1. The molecule has 0 spiro atoms. The molecular weight excluding hydrogens is 220 g/mol. The number of hydrogen-bond donors (Lipinski definition) is 1. The molecule has 0 radical (unpaired) electrons. The van der Waals surface area contributed by atoms with Crippen molar-refractivity contribution < 1.29 is 8.78 Å². The summed E-state index contributed by atoms with van der Waals surface area (Å²) in [5.74, 6) is -0.257. The molecule has 0 aliphatic carbocycles. The monoisotopic (exact) mass is 241 g/mol. The Labute approximate surface area is 102 Å².